The van der Waals surface area contributed by atoms with Crippen molar-refractivity contribution in [3.05, 3.63) is 24.3 Å². The molecular formula is C13H17N3OS. The summed E-state index contributed by atoms with van der Waals surface area (Å²) in [5, 5.41) is 14.0. The fourth-order valence-electron chi connectivity index (χ4n) is 1.23. The lowest BCUT2D eigenvalue weighted by atomic mass is 10.1. The summed E-state index contributed by atoms with van der Waals surface area (Å²) in [7, 11) is 0. The molecule has 1 aromatic rings. The summed E-state index contributed by atoms with van der Waals surface area (Å²) < 4.78 is 5.93. The number of nitrogens with one attached hydrogen (secondary N) is 2. The van der Waals surface area contributed by atoms with Gasteiger partial charge < -0.3 is 10.1 Å². The minimum atomic E-state index is -0.248. The van der Waals surface area contributed by atoms with Crippen molar-refractivity contribution in [1.29, 1.82) is 5.26 Å². The van der Waals surface area contributed by atoms with E-state index < -0.39 is 0 Å². The Morgan fingerprint density at radius 1 is 1.44 bits per heavy atom. The van der Waals surface area contributed by atoms with Crippen LogP contribution in [0.2, 0.25) is 0 Å². The summed E-state index contributed by atoms with van der Waals surface area (Å²) >= 11 is 4.96. The molecule has 1 aromatic carbocycles. The first-order chi connectivity index (χ1) is 8.48. The van der Waals surface area contributed by atoms with Crippen LogP contribution in [0.4, 0.5) is 5.69 Å². The zero-order valence-corrected chi connectivity index (χ0v) is 11.6. The minimum Gasteiger partial charge on any atom is -0.486 e. The van der Waals surface area contributed by atoms with Gasteiger partial charge >= 0.3 is 0 Å². The van der Waals surface area contributed by atoms with Crippen molar-refractivity contribution in [3.8, 4) is 11.9 Å². The molecule has 0 spiro atoms. The molecule has 4 nitrogen and oxygen atoms in total. The van der Waals surface area contributed by atoms with Crippen molar-refractivity contribution in [2.45, 2.75) is 32.8 Å². The Balaban J connectivity index is 2.87. The molecule has 0 heterocycles. The van der Waals surface area contributed by atoms with E-state index in [1.54, 1.807) is 6.19 Å². The highest BCUT2D eigenvalue weighted by molar-refractivity contribution is 7.80. The topological polar surface area (TPSA) is 57.1 Å². The zero-order chi connectivity index (χ0) is 13.6. The molecule has 0 bridgehead atoms. The van der Waals surface area contributed by atoms with Crippen LogP contribution in [0.25, 0.3) is 0 Å². The fraction of sp³-hybridized carbons (Fsp3) is 0.385. The van der Waals surface area contributed by atoms with Crippen molar-refractivity contribution >= 4 is 23.0 Å². The smallest absolute Gasteiger partial charge is 0.184 e. The first-order valence-corrected chi connectivity index (χ1v) is 6.13. The number of nitrogens with zero attached hydrogens (tertiary/aromatic N) is 1. The molecule has 0 aliphatic heterocycles. The van der Waals surface area contributed by atoms with Crippen LogP contribution in [-0.2, 0) is 0 Å². The first kappa shape index (κ1) is 14.3. The lowest BCUT2D eigenvalue weighted by Crippen LogP contribution is -2.28. The van der Waals surface area contributed by atoms with Gasteiger partial charge in [-0.3, -0.25) is 5.32 Å². The van der Waals surface area contributed by atoms with Gasteiger partial charge in [-0.25, -0.2) is 0 Å². The van der Waals surface area contributed by atoms with E-state index in [0.717, 1.165) is 12.1 Å². The summed E-state index contributed by atoms with van der Waals surface area (Å²) in [6.07, 6.45) is 2.66. The van der Waals surface area contributed by atoms with Gasteiger partial charge in [-0.05, 0) is 44.6 Å². The van der Waals surface area contributed by atoms with Crippen LogP contribution >= 0.6 is 12.2 Å². The number of hydrogen-bond acceptors (Lipinski definition) is 3. The summed E-state index contributed by atoms with van der Waals surface area (Å²) in [6, 6.07) is 7.50. The van der Waals surface area contributed by atoms with Crippen molar-refractivity contribution in [2.24, 2.45) is 0 Å². The van der Waals surface area contributed by atoms with Gasteiger partial charge in [-0.2, -0.15) is 5.26 Å². The lowest BCUT2D eigenvalue weighted by Gasteiger charge is -2.26. The lowest BCUT2D eigenvalue weighted by molar-refractivity contribution is 0.106. The number of ether oxygens (including phenoxy) is 1. The molecule has 2 N–H and O–H groups in total. The molecule has 0 fully saturated rings. The molecule has 5 heteroatoms. The van der Waals surface area contributed by atoms with E-state index in [0.29, 0.717) is 5.75 Å². The highest BCUT2D eigenvalue weighted by atomic mass is 32.1. The number of anilines is 1. The molecule has 0 saturated heterocycles. The fourth-order valence-corrected chi connectivity index (χ4v) is 1.39. The van der Waals surface area contributed by atoms with Gasteiger partial charge in [0.05, 0.1) is 5.69 Å². The zero-order valence-electron chi connectivity index (χ0n) is 10.8. The van der Waals surface area contributed by atoms with E-state index in [9.17, 15) is 0 Å². The largest absolute Gasteiger partial charge is 0.486 e. The third-order valence-electron chi connectivity index (χ3n) is 2.54. The van der Waals surface area contributed by atoms with E-state index >= 15 is 0 Å². The predicted octanol–water partition coefficient (Wildman–Crippen LogP) is 3.02. The molecule has 0 saturated carbocycles. The molecule has 0 aromatic heterocycles. The standard InChI is InChI=1S/C13H17N3OS/c1-4-13(2,3)17-11-8-6-5-7-10(11)16-12(18)15-9-14/h5-8H,4H2,1-3H3,(H2,15,16,18). The van der Waals surface area contributed by atoms with Crippen molar-refractivity contribution in [2.75, 3.05) is 5.32 Å². The van der Waals surface area contributed by atoms with E-state index in [2.05, 4.69) is 17.6 Å². The minimum absolute atomic E-state index is 0.248. The summed E-state index contributed by atoms with van der Waals surface area (Å²) in [4.78, 5) is 0. The average molecular weight is 263 g/mol. The van der Waals surface area contributed by atoms with E-state index in [-0.39, 0.29) is 10.7 Å². The van der Waals surface area contributed by atoms with Crippen LogP contribution in [-0.4, -0.2) is 10.7 Å². The van der Waals surface area contributed by atoms with Gasteiger partial charge in [0.25, 0.3) is 0 Å². The molecular weight excluding hydrogens is 246 g/mol. The maximum absolute atomic E-state index is 8.49. The molecule has 0 atom stereocenters. The van der Waals surface area contributed by atoms with Gasteiger partial charge in [-0.15, -0.1) is 0 Å². The quantitative estimate of drug-likeness (QED) is 0.497. The van der Waals surface area contributed by atoms with Gasteiger partial charge in [-0.1, -0.05) is 19.1 Å². The van der Waals surface area contributed by atoms with Crippen molar-refractivity contribution in [3.63, 3.8) is 0 Å². The second kappa shape index (κ2) is 6.22. The Kier molecular flexibility index (Phi) is 4.93. The summed E-state index contributed by atoms with van der Waals surface area (Å²) in [5.74, 6) is 0.714. The maximum Gasteiger partial charge on any atom is 0.184 e. The highest BCUT2D eigenvalue weighted by Gasteiger charge is 2.18. The highest BCUT2D eigenvalue weighted by Crippen LogP contribution is 2.28. The molecule has 0 aliphatic rings. The molecule has 0 radical (unpaired) electrons. The van der Waals surface area contributed by atoms with E-state index in [1.165, 1.54) is 0 Å². The Hall–Kier alpha value is -1.80. The number of benzene rings is 1. The number of thiocarbonyl (C=S) groups is 1. The van der Waals surface area contributed by atoms with Gasteiger partial charge in [0, 0.05) is 0 Å². The Morgan fingerprint density at radius 2 is 2.11 bits per heavy atom. The van der Waals surface area contributed by atoms with Gasteiger partial charge in [0.2, 0.25) is 0 Å². The third-order valence-corrected chi connectivity index (χ3v) is 2.75. The Labute approximate surface area is 113 Å². The predicted molar refractivity (Wildman–Crippen MR) is 76.4 cm³/mol. The van der Waals surface area contributed by atoms with E-state index in [4.69, 9.17) is 22.2 Å². The van der Waals surface area contributed by atoms with Crippen LogP contribution in [0.1, 0.15) is 27.2 Å². The number of rotatable bonds is 4. The first-order valence-electron chi connectivity index (χ1n) is 5.72. The molecule has 96 valence electrons. The molecule has 0 unspecified atom stereocenters. The molecule has 0 aliphatic carbocycles. The van der Waals surface area contributed by atoms with Crippen LogP contribution < -0.4 is 15.4 Å². The van der Waals surface area contributed by atoms with Crippen LogP contribution in [0.5, 0.6) is 5.75 Å². The monoisotopic (exact) mass is 263 g/mol. The summed E-state index contributed by atoms with van der Waals surface area (Å²) in [5.41, 5.74) is 0.494. The number of hydrogen-bond donors (Lipinski definition) is 2. The molecule has 0 amide bonds. The Morgan fingerprint density at radius 3 is 2.72 bits per heavy atom. The van der Waals surface area contributed by atoms with E-state index in [1.807, 2.05) is 38.1 Å². The van der Waals surface area contributed by atoms with Crippen molar-refractivity contribution in [1.82, 2.24) is 5.32 Å². The SMILES string of the molecule is CCC(C)(C)Oc1ccccc1NC(=S)NC#N. The Bertz CT molecular complexity index is 466. The number of para-hydroxylation sites is 2. The van der Waals surface area contributed by atoms with Crippen LogP contribution in [0.15, 0.2) is 24.3 Å². The van der Waals surface area contributed by atoms with Crippen molar-refractivity contribution < 1.29 is 4.74 Å². The average Bonchev–Trinajstić information content (AvgIpc) is 2.32. The van der Waals surface area contributed by atoms with Crippen LogP contribution in [0.3, 0.4) is 0 Å². The van der Waals surface area contributed by atoms with Crippen LogP contribution in [0, 0.1) is 11.5 Å². The normalized spacial score (nSPS) is 10.3. The molecule has 1 rings (SSSR count). The second-order valence-electron chi connectivity index (χ2n) is 4.40. The number of nitriles is 1. The second-order valence-corrected chi connectivity index (χ2v) is 4.81. The van der Waals surface area contributed by atoms with Gasteiger partial charge in [0.15, 0.2) is 11.3 Å². The van der Waals surface area contributed by atoms with Gasteiger partial charge in [0.1, 0.15) is 11.4 Å². The summed E-state index contributed by atoms with van der Waals surface area (Å²) in [6.45, 7) is 6.11. The third kappa shape index (κ3) is 4.22. The molecule has 18 heavy (non-hydrogen) atoms. The maximum atomic E-state index is 8.49.